The van der Waals surface area contributed by atoms with Crippen molar-refractivity contribution in [3.8, 4) is 0 Å². The van der Waals surface area contributed by atoms with Crippen molar-refractivity contribution < 1.29 is 13.6 Å². The number of hydrogen-bond donors (Lipinski definition) is 1. The Kier molecular flexibility index (Phi) is 3.33. The largest absolute Gasteiger partial charge is 0.319 e. The van der Waals surface area contributed by atoms with Crippen LogP contribution < -0.4 is 5.32 Å². The van der Waals surface area contributed by atoms with E-state index in [0.717, 1.165) is 23.9 Å². The van der Waals surface area contributed by atoms with E-state index in [1.165, 1.54) is 0 Å². The molecule has 1 aromatic heterocycles. The van der Waals surface area contributed by atoms with Gasteiger partial charge in [-0.1, -0.05) is 0 Å². The lowest BCUT2D eigenvalue weighted by Crippen LogP contribution is -2.13. The fraction of sp³-hybridized carbons (Fsp3) is 0.231. The van der Waals surface area contributed by atoms with Gasteiger partial charge in [-0.25, -0.2) is 8.78 Å². The van der Waals surface area contributed by atoms with Crippen LogP contribution >= 0.6 is 0 Å². The second-order valence-corrected chi connectivity index (χ2v) is 4.28. The van der Waals surface area contributed by atoms with Crippen LogP contribution in [0, 0.1) is 25.5 Å². The third-order valence-electron chi connectivity index (χ3n) is 2.87. The second-order valence-electron chi connectivity index (χ2n) is 4.28. The van der Waals surface area contributed by atoms with Gasteiger partial charge in [0.05, 0.1) is 17.1 Å². The van der Waals surface area contributed by atoms with E-state index in [4.69, 9.17) is 0 Å². The summed E-state index contributed by atoms with van der Waals surface area (Å²) in [6, 6.07) is 2.69. The lowest BCUT2D eigenvalue weighted by Gasteiger charge is -2.06. The zero-order valence-electron chi connectivity index (χ0n) is 10.8. The summed E-state index contributed by atoms with van der Waals surface area (Å²) in [5.41, 5.74) is 1.89. The summed E-state index contributed by atoms with van der Waals surface area (Å²) in [5.74, 6) is -2.15. The highest BCUT2D eigenvalue weighted by Crippen LogP contribution is 2.19. The molecular formula is C13H13F2N3O. The van der Waals surface area contributed by atoms with Gasteiger partial charge in [0.1, 0.15) is 11.6 Å². The van der Waals surface area contributed by atoms with Crippen LogP contribution in [-0.2, 0) is 7.05 Å². The Morgan fingerprint density at radius 1 is 1.21 bits per heavy atom. The molecule has 4 nitrogen and oxygen atoms in total. The summed E-state index contributed by atoms with van der Waals surface area (Å²) in [4.78, 5) is 12.0. The SMILES string of the molecule is Cc1nn(C)c(C)c1NC(=O)c1cc(F)cc(F)c1. The fourth-order valence-electron chi connectivity index (χ4n) is 1.83. The van der Waals surface area contributed by atoms with Gasteiger partial charge in [0.25, 0.3) is 5.91 Å². The highest BCUT2D eigenvalue weighted by molar-refractivity contribution is 6.04. The number of benzene rings is 1. The van der Waals surface area contributed by atoms with Crippen molar-refractivity contribution in [2.45, 2.75) is 13.8 Å². The molecule has 0 aliphatic carbocycles. The van der Waals surface area contributed by atoms with Crippen LogP contribution in [0.2, 0.25) is 0 Å². The van der Waals surface area contributed by atoms with Crippen LogP contribution in [0.3, 0.4) is 0 Å². The Labute approximate surface area is 109 Å². The molecule has 0 aliphatic rings. The fourth-order valence-corrected chi connectivity index (χ4v) is 1.83. The van der Waals surface area contributed by atoms with Gasteiger partial charge in [0.15, 0.2) is 0 Å². The van der Waals surface area contributed by atoms with Crippen LogP contribution in [0.1, 0.15) is 21.7 Å². The maximum absolute atomic E-state index is 13.1. The first-order chi connectivity index (χ1) is 8.88. The molecule has 0 unspecified atom stereocenters. The van der Waals surface area contributed by atoms with Crippen molar-refractivity contribution in [3.05, 3.63) is 46.8 Å². The smallest absolute Gasteiger partial charge is 0.255 e. The van der Waals surface area contributed by atoms with E-state index in [1.54, 1.807) is 25.6 Å². The van der Waals surface area contributed by atoms with Crippen molar-refractivity contribution in [1.29, 1.82) is 0 Å². The van der Waals surface area contributed by atoms with E-state index in [1.807, 2.05) is 0 Å². The highest BCUT2D eigenvalue weighted by Gasteiger charge is 2.15. The molecule has 0 saturated carbocycles. The molecule has 0 saturated heterocycles. The van der Waals surface area contributed by atoms with Gasteiger partial charge in [-0.2, -0.15) is 5.10 Å². The Morgan fingerprint density at radius 3 is 2.26 bits per heavy atom. The normalized spacial score (nSPS) is 10.6. The molecule has 2 rings (SSSR count). The number of anilines is 1. The van der Waals surface area contributed by atoms with Crippen molar-refractivity contribution in [1.82, 2.24) is 9.78 Å². The van der Waals surface area contributed by atoms with E-state index in [9.17, 15) is 13.6 Å². The van der Waals surface area contributed by atoms with Gasteiger partial charge < -0.3 is 5.32 Å². The number of nitrogens with zero attached hydrogens (tertiary/aromatic N) is 2. The number of nitrogens with one attached hydrogen (secondary N) is 1. The van der Waals surface area contributed by atoms with Crippen molar-refractivity contribution in [3.63, 3.8) is 0 Å². The number of aromatic nitrogens is 2. The first-order valence-corrected chi connectivity index (χ1v) is 5.66. The van der Waals surface area contributed by atoms with Crippen LogP contribution in [0.15, 0.2) is 18.2 Å². The summed E-state index contributed by atoms with van der Waals surface area (Å²) in [6.45, 7) is 3.54. The van der Waals surface area contributed by atoms with Gasteiger partial charge in [0, 0.05) is 18.7 Å². The van der Waals surface area contributed by atoms with Gasteiger partial charge in [-0.3, -0.25) is 9.48 Å². The van der Waals surface area contributed by atoms with E-state index in [2.05, 4.69) is 10.4 Å². The Bertz CT molecular complexity index is 629. The summed E-state index contributed by atoms with van der Waals surface area (Å²) in [7, 11) is 1.75. The van der Waals surface area contributed by atoms with Crippen molar-refractivity contribution in [2.75, 3.05) is 5.32 Å². The van der Waals surface area contributed by atoms with Gasteiger partial charge in [-0.05, 0) is 26.0 Å². The standard InChI is InChI=1S/C13H13F2N3O/c1-7-12(8(2)18(3)17-7)16-13(19)9-4-10(14)6-11(15)5-9/h4-6H,1-3H3,(H,16,19). The van der Waals surface area contributed by atoms with Gasteiger partial charge in [-0.15, -0.1) is 0 Å². The Hall–Kier alpha value is -2.24. The topological polar surface area (TPSA) is 46.9 Å². The third-order valence-corrected chi connectivity index (χ3v) is 2.87. The summed E-state index contributed by atoms with van der Waals surface area (Å²) >= 11 is 0. The Morgan fingerprint density at radius 2 is 1.79 bits per heavy atom. The molecule has 1 aromatic carbocycles. The van der Waals surface area contributed by atoms with E-state index in [0.29, 0.717) is 11.4 Å². The molecule has 1 amide bonds. The van der Waals surface area contributed by atoms with Crippen molar-refractivity contribution >= 4 is 11.6 Å². The quantitative estimate of drug-likeness (QED) is 0.907. The molecule has 6 heteroatoms. The lowest BCUT2D eigenvalue weighted by atomic mass is 10.2. The van der Waals surface area contributed by atoms with E-state index >= 15 is 0 Å². The highest BCUT2D eigenvalue weighted by atomic mass is 19.1. The number of amides is 1. The monoisotopic (exact) mass is 265 g/mol. The molecule has 0 atom stereocenters. The van der Waals surface area contributed by atoms with Gasteiger partial charge in [0.2, 0.25) is 0 Å². The molecule has 0 radical (unpaired) electrons. The maximum atomic E-state index is 13.1. The van der Waals surface area contributed by atoms with Crippen LogP contribution in [0.25, 0.3) is 0 Å². The molecule has 2 aromatic rings. The molecule has 1 N–H and O–H groups in total. The number of aryl methyl sites for hydroxylation is 2. The molecular weight excluding hydrogens is 252 g/mol. The number of carbonyl (C=O) groups is 1. The summed E-state index contributed by atoms with van der Waals surface area (Å²) in [6.07, 6.45) is 0. The molecule has 0 spiro atoms. The van der Waals surface area contributed by atoms with E-state index in [-0.39, 0.29) is 5.56 Å². The zero-order chi connectivity index (χ0) is 14.2. The first-order valence-electron chi connectivity index (χ1n) is 5.66. The predicted molar refractivity (Wildman–Crippen MR) is 67.0 cm³/mol. The van der Waals surface area contributed by atoms with Crippen LogP contribution in [-0.4, -0.2) is 15.7 Å². The minimum Gasteiger partial charge on any atom is -0.319 e. The number of halogens is 2. The lowest BCUT2D eigenvalue weighted by molar-refractivity contribution is 0.102. The predicted octanol–water partition coefficient (Wildman–Crippen LogP) is 2.57. The third kappa shape index (κ3) is 2.62. The Balaban J connectivity index is 2.30. The van der Waals surface area contributed by atoms with Crippen LogP contribution in [0.4, 0.5) is 14.5 Å². The average Bonchev–Trinajstić information content (AvgIpc) is 2.54. The second kappa shape index (κ2) is 4.79. The molecule has 1 heterocycles. The van der Waals surface area contributed by atoms with E-state index < -0.39 is 17.5 Å². The minimum atomic E-state index is -0.787. The first kappa shape index (κ1) is 13.2. The van der Waals surface area contributed by atoms with Crippen molar-refractivity contribution in [2.24, 2.45) is 7.05 Å². The summed E-state index contributed by atoms with van der Waals surface area (Å²) in [5, 5.41) is 6.76. The minimum absolute atomic E-state index is 0.0693. The van der Waals surface area contributed by atoms with Gasteiger partial charge >= 0.3 is 0 Å². The molecule has 0 aliphatic heterocycles. The maximum Gasteiger partial charge on any atom is 0.255 e. The number of hydrogen-bond acceptors (Lipinski definition) is 2. The molecule has 0 bridgehead atoms. The molecule has 0 fully saturated rings. The van der Waals surface area contributed by atoms with Crippen LogP contribution in [0.5, 0.6) is 0 Å². The average molecular weight is 265 g/mol. The number of carbonyl (C=O) groups excluding carboxylic acids is 1. The zero-order valence-corrected chi connectivity index (χ0v) is 10.8. The summed E-state index contributed by atoms with van der Waals surface area (Å²) < 4.78 is 27.7. The molecule has 19 heavy (non-hydrogen) atoms. The number of rotatable bonds is 2. The molecule has 100 valence electrons.